The number of amides is 1. The fraction of sp³-hybridized carbons (Fsp3) is 0.324. The molecule has 0 spiro atoms. The molecule has 0 bridgehead atoms. The number of hydrogen-bond donors (Lipinski definition) is 2. The molecule has 2 heterocycles. The third-order valence-electron chi connectivity index (χ3n) is 7.88. The van der Waals surface area contributed by atoms with Crippen molar-refractivity contribution in [1.82, 2.24) is 9.55 Å². The summed E-state index contributed by atoms with van der Waals surface area (Å²) in [5, 5.41) is 5.77. The van der Waals surface area contributed by atoms with Gasteiger partial charge in [0.15, 0.2) is 11.6 Å². The Hall–Kier alpha value is -4.50. The maximum absolute atomic E-state index is 15.7. The molecule has 1 saturated heterocycles. The van der Waals surface area contributed by atoms with Gasteiger partial charge in [-0.1, -0.05) is 39.0 Å². The molecule has 2 N–H and O–H groups in total. The Morgan fingerprint density at radius 3 is 2.30 bits per heavy atom. The number of piperidine rings is 1. The van der Waals surface area contributed by atoms with Gasteiger partial charge in [0.25, 0.3) is 11.5 Å². The molecule has 0 aliphatic carbocycles. The van der Waals surface area contributed by atoms with Crippen LogP contribution in [-0.4, -0.2) is 41.8 Å². The fourth-order valence-corrected chi connectivity index (χ4v) is 5.20. The van der Waals surface area contributed by atoms with Crippen molar-refractivity contribution in [3.63, 3.8) is 0 Å². The van der Waals surface area contributed by atoms with Gasteiger partial charge in [-0.2, -0.15) is 0 Å². The molecule has 1 aromatic heterocycles. The highest BCUT2D eigenvalue weighted by atomic mass is 19.1. The van der Waals surface area contributed by atoms with Gasteiger partial charge in [0.2, 0.25) is 0 Å². The second-order valence-corrected chi connectivity index (χ2v) is 11.9. The lowest BCUT2D eigenvalue weighted by molar-refractivity contribution is 0.0819. The molecule has 43 heavy (non-hydrogen) atoms. The number of halogens is 1. The first-order chi connectivity index (χ1) is 20.5. The SMILES string of the molecule is COC1CCN(c2ccc(Nc3nc(-c4cccc(NC(=O)c5ccc(C(C)(C)C)cc5)c4F)cn(C)c3=O)cc2)CC1. The maximum Gasteiger partial charge on any atom is 0.293 e. The summed E-state index contributed by atoms with van der Waals surface area (Å²) in [5.74, 6) is -0.985. The molecule has 0 saturated carbocycles. The zero-order valence-electron chi connectivity index (χ0n) is 25.3. The van der Waals surface area contributed by atoms with Gasteiger partial charge in [-0.05, 0) is 72.4 Å². The maximum atomic E-state index is 15.7. The van der Waals surface area contributed by atoms with Crippen molar-refractivity contribution in [2.75, 3.05) is 35.7 Å². The van der Waals surface area contributed by atoms with Crippen molar-refractivity contribution in [2.45, 2.75) is 45.1 Å². The third kappa shape index (κ3) is 6.78. The van der Waals surface area contributed by atoms with Gasteiger partial charge in [-0.25, -0.2) is 9.37 Å². The lowest BCUT2D eigenvalue weighted by Crippen LogP contribution is -2.36. The predicted molar refractivity (Wildman–Crippen MR) is 170 cm³/mol. The van der Waals surface area contributed by atoms with Gasteiger partial charge >= 0.3 is 0 Å². The summed E-state index contributed by atoms with van der Waals surface area (Å²) in [6, 6.07) is 19.8. The summed E-state index contributed by atoms with van der Waals surface area (Å²) < 4.78 is 22.6. The second kappa shape index (κ2) is 12.4. The van der Waals surface area contributed by atoms with Crippen molar-refractivity contribution < 1.29 is 13.9 Å². The minimum Gasteiger partial charge on any atom is -0.381 e. The number of hydrogen-bond acceptors (Lipinski definition) is 6. The molecular formula is C34H38FN5O3. The number of benzene rings is 3. The average Bonchev–Trinajstić information content (AvgIpc) is 3.00. The number of carbonyl (C=O) groups excluding carboxylic acids is 1. The van der Waals surface area contributed by atoms with Crippen LogP contribution in [0.5, 0.6) is 0 Å². The lowest BCUT2D eigenvalue weighted by Gasteiger charge is -2.33. The number of nitrogens with zero attached hydrogens (tertiary/aromatic N) is 3. The van der Waals surface area contributed by atoms with E-state index in [1.165, 1.54) is 16.8 Å². The van der Waals surface area contributed by atoms with Crippen molar-refractivity contribution in [3.05, 3.63) is 100 Å². The van der Waals surface area contributed by atoms with Crippen LogP contribution in [0.25, 0.3) is 11.3 Å². The molecule has 4 aromatic rings. The van der Waals surface area contributed by atoms with Crippen LogP contribution < -0.4 is 21.1 Å². The summed E-state index contributed by atoms with van der Waals surface area (Å²) in [7, 11) is 3.35. The van der Waals surface area contributed by atoms with E-state index < -0.39 is 11.7 Å². The molecule has 224 valence electrons. The normalized spacial score (nSPS) is 14.0. The number of anilines is 4. The van der Waals surface area contributed by atoms with Crippen molar-refractivity contribution in [1.29, 1.82) is 0 Å². The standard InChI is InChI=1S/C34H38FN5O3/c1-34(2,3)23-11-9-22(10-12-23)32(41)38-28-8-6-7-27(30(28)35)29-21-39(4)33(42)31(37-29)36-24-13-15-25(16-14-24)40-19-17-26(43-5)18-20-40/h6-16,21,26H,17-20H2,1-5H3,(H,36,37)(H,38,41). The number of carbonyl (C=O) groups is 1. The quantitative estimate of drug-likeness (QED) is 0.258. The fourth-order valence-electron chi connectivity index (χ4n) is 5.20. The molecule has 1 aliphatic heterocycles. The van der Waals surface area contributed by atoms with E-state index in [1.54, 1.807) is 38.4 Å². The van der Waals surface area contributed by atoms with Crippen molar-refractivity contribution >= 4 is 28.8 Å². The van der Waals surface area contributed by atoms with E-state index in [4.69, 9.17) is 4.74 Å². The molecule has 0 radical (unpaired) electrons. The summed E-state index contributed by atoms with van der Waals surface area (Å²) in [5.41, 5.74) is 3.36. The Kier molecular flexibility index (Phi) is 8.64. The molecule has 1 aliphatic rings. The highest BCUT2D eigenvalue weighted by Gasteiger charge is 2.20. The zero-order valence-corrected chi connectivity index (χ0v) is 25.3. The van der Waals surface area contributed by atoms with E-state index in [-0.39, 0.29) is 33.7 Å². The van der Waals surface area contributed by atoms with E-state index in [2.05, 4.69) is 41.3 Å². The van der Waals surface area contributed by atoms with E-state index in [0.29, 0.717) is 17.4 Å². The Balaban J connectivity index is 1.34. The molecule has 9 heteroatoms. The Bertz CT molecular complexity index is 1650. The first-order valence-electron chi connectivity index (χ1n) is 14.5. The van der Waals surface area contributed by atoms with Crippen LogP contribution in [0, 0.1) is 5.82 Å². The average molecular weight is 584 g/mol. The largest absolute Gasteiger partial charge is 0.381 e. The number of methoxy groups -OCH3 is 1. The van der Waals surface area contributed by atoms with Crippen molar-refractivity contribution in [3.8, 4) is 11.3 Å². The molecule has 3 aromatic carbocycles. The summed E-state index contributed by atoms with van der Waals surface area (Å²) in [6.45, 7) is 8.14. The Labute approximate surface area is 251 Å². The number of ether oxygens (including phenoxy) is 1. The molecule has 5 rings (SSSR count). The first kappa shape index (κ1) is 30.0. The number of rotatable bonds is 7. The molecule has 0 unspecified atom stereocenters. The van der Waals surface area contributed by atoms with Crippen LogP contribution >= 0.6 is 0 Å². The Morgan fingerprint density at radius 1 is 1.00 bits per heavy atom. The zero-order chi connectivity index (χ0) is 30.7. The highest BCUT2D eigenvalue weighted by Crippen LogP contribution is 2.29. The number of aromatic nitrogens is 2. The second-order valence-electron chi connectivity index (χ2n) is 11.9. The highest BCUT2D eigenvalue weighted by molar-refractivity contribution is 6.04. The smallest absolute Gasteiger partial charge is 0.293 e. The van der Waals surface area contributed by atoms with Gasteiger partial charge in [0.1, 0.15) is 0 Å². The molecule has 8 nitrogen and oxygen atoms in total. The summed E-state index contributed by atoms with van der Waals surface area (Å²) in [4.78, 5) is 32.7. The van der Waals surface area contributed by atoms with E-state index in [0.717, 1.165) is 37.2 Å². The lowest BCUT2D eigenvalue weighted by atomic mass is 9.87. The monoisotopic (exact) mass is 583 g/mol. The van der Waals surface area contributed by atoms with Gasteiger partial charge < -0.3 is 24.8 Å². The first-order valence-corrected chi connectivity index (χ1v) is 14.5. The van der Waals surface area contributed by atoms with Crippen molar-refractivity contribution in [2.24, 2.45) is 7.05 Å². The number of aryl methyl sites for hydroxylation is 1. The topological polar surface area (TPSA) is 88.5 Å². The molecule has 1 fully saturated rings. The minimum absolute atomic E-state index is 0.0256. The van der Waals surface area contributed by atoms with Crippen LogP contribution in [0.15, 0.2) is 77.7 Å². The third-order valence-corrected chi connectivity index (χ3v) is 7.88. The van der Waals surface area contributed by atoms with Gasteiger partial charge in [-0.3, -0.25) is 9.59 Å². The molecule has 1 amide bonds. The summed E-state index contributed by atoms with van der Waals surface area (Å²) >= 11 is 0. The summed E-state index contributed by atoms with van der Waals surface area (Å²) in [6.07, 6.45) is 3.75. The Morgan fingerprint density at radius 2 is 1.67 bits per heavy atom. The molecular weight excluding hydrogens is 545 g/mol. The van der Waals surface area contributed by atoms with E-state index in [1.807, 2.05) is 36.4 Å². The molecule has 0 atom stereocenters. The van der Waals surface area contributed by atoms with Crippen LogP contribution in [0.2, 0.25) is 0 Å². The van der Waals surface area contributed by atoms with Crippen LogP contribution in [0.1, 0.15) is 49.5 Å². The van der Waals surface area contributed by atoms with E-state index >= 15 is 4.39 Å². The van der Waals surface area contributed by atoms with Crippen LogP contribution in [-0.2, 0) is 17.2 Å². The van der Waals surface area contributed by atoms with Gasteiger partial charge in [0.05, 0.1) is 17.5 Å². The van der Waals surface area contributed by atoms with Gasteiger partial charge in [-0.15, -0.1) is 0 Å². The van der Waals surface area contributed by atoms with Gasteiger partial charge in [0, 0.05) is 55.9 Å². The predicted octanol–water partition coefficient (Wildman–Crippen LogP) is 6.50. The minimum atomic E-state index is -0.638. The number of nitrogens with one attached hydrogen (secondary N) is 2. The van der Waals surface area contributed by atoms with E-state index in [9.17, 15) is 9.59 Å². The van der Waals surface area contributed by atoms with Crippen LogP contribution in [0.4, 0.5) is 27.3 Å². The van der Waals surface area contributed by atoms with Crippen LogP contribution in [0.3, 0.4) is 0 Å².